The quantitative estimate of drug-likeness (QED) is 0.634. The lowest BCUT2D eigenvalue weighted by Gasteiger charge is -2.34. The molecule has 0 atom stereocenters. The van der Waals surface area contributed by atoms with Gasteiger partial charge in [0.25, 0.3) is 0 Å². The van der Waals surface area contributed by atoms with Crippen LogP contribution in [0.5, 0.6) is 5.75 Å². The molecule has 0 bridgehead atoms. The highest BCUT2D eigenvalue weighted by molar-refractivity contribution is 6.31. The van der Waals surface area contributed by atoms with Crippen LogP contribution in [0.1, 0.15) is 5.76 Å². The number of carbonyl (C=O) groups excluding carboxylic acids is 1. The molecule has 0 unspecified atom stereocenters. The van der Waals surface area contributed by atoms with Crippen LogP contribution in [-0.2, 0) is 6.54 Å². The number of halogens is 2. The third kappa shape index (κ3) is 4.96. The maximum atomic E-state index is 12.6. The lowest BCUT2D eigenvalue weighted by atomic mass is 10.2. The van der Waals surface area contributed by atoms with E-state index in [4.69, 9.17) is 20.8 Å². The third-order valence-electron chi connectivity index (χ3n) is 4.92. The summed E-state index contributed by atoms with van der Waals surface area (Å²) >= 11 is 6.04. The van der Waals surface area contributed by atoms with Crippen LogP contribution in [0.15, 0.2) is 52.9 Å². The molecule has 1 aromatic heterocycles. The normalized spacial score (nSPS) is 14.5. The number of nitrogens with zero attached hydrogens (tertiary/aromatic N) is 2. The lowest BCUT2D eigenvalue weighted by Crippen LogP contribution is -2.49. The van der Waals surface area contributed by atoms with Crippen molar-refractivity contribution in [3.8, 4) is 5.75 Å². The second-order valence-corrected chi connectivity index (χ2v) is 7.22. The van der Waals surface area contributed by atoms with Gasteiger partial charge in [-0.15, -0.1) is 12.4 Å². The standard InChI is InChI=1S/C21H22ClN3O3.ClH/c1-27-20-5-3-2-4-18(20)23-21(26)25-10-8-24(9-11-25)14-17-13-15-12-16(22)6-7-19(15)28-17;/h2-7,12-13H,8-11,14H2,1H3,(H,23,26);1H. The van der Waals surface area contributed by atoms with Gasteiger partial charge in [-0.2, -0.15) is 0 Å². The molecule has 2 aromatic carbocycles. The fraction of sp³-hybridized carbons (Fsp3) is 0.286. The Morgan fingerprint density at radius 3 is 2.66 bits per heavy atom. The molecule has 0 spiro atoms. The number of piperazine rings is 1. The molecule has 2 heterocycles. The van der Waals surface area contributed by atoms with Gasteiger partial charge in [0.05, 0.1) is 19.3 Å². The molecule has 29 heavy (non-hydrogen) atoms. The SMILES string of the molecule is COc1ccccc1NC(=O)N1CCN(Cc2cc3cc(Cl)ccc3o2)CC1.Cl. The van der Waals surface area contributed by atoms with Crippen LogP contribution < -0.4 is 10.1 Å². The van der Waals surface area contributed by atoms with E-state index in [0.717, 1.165) is 29.8 Å². The van der Waals surface area contributed by atoms with Gasteiger partial charge in [0.15, 0.2) is 0 Å². The summed E-state index contributed by atoms with van der Waals surface area (Å²) in [7, 11) is 1.59. The number of para-hydroxylation sites is 2. The number of benzene rings is 2. The van der Waals surface area contributed by atoms with Crippen LogP contribution in [0.2, 0.25) is 5.02 Å². The van der Waals surface area contributed by atoms with Crippen molar-refractivity contribution in [3.05, 3.63) is 59.3 Å². The molecule has 1 saturated heterocycles. The maximum Gasteiger partial charge on any atom is 0.322 e. The molecule has 0 radical (unpaired) electrons. The summed E-state index contributed by atoms with van der Waals surface area (Å²) in [4.78, 5) is 16.7. The molecule has 1 aliphatic heterocycles. The highest BCUT2D eigenvalue weighted by atomic mass is 35.5. The largest absolute Gasteiger partial charge is 0.495 e. The first-order valence-corrected chi connectivity index (χ1v) is 9.59. The summed E-state index contributed by atoms with van der Waals surface area (Å²) in [5.74, 6) is 1.56. The number of fused-ring (bicyclic) bond motifs is 1. The number of anilines is 1. The highest BCUT2D eigenvalue weighted by Crippen LogP contribution is 2.25. The van der Waals surface area contributed by atoms with E-state index in [1.165, 1.54) is 0 Å². The molecular weight excluding hydrogens is 413 g/mol. The Balaban J connectivity index is 0.00000240. The van der Waals surface area contributed by atoms with Gasteiger partial charge < -0.3 is 19.4 Å². The molecule has 6 nitrogen and oxygen atoms in total. The van der Waals surface area contributed by atoms with Gasteiger partial charge in [-0.1, -0.05) is 23.7 Å². The third-order valence-corrected chi connectivity index (χ3v) is 5.15. The van der Waals surface area contributed by atoms with E-state index in [-0.39, 0.29) is 18.4 Å². The van der Waals surface area contributed by atoms with Gasteiger partial charge in [0.1, 0.15) is 17.1 Å². The summed E-state index contributed by atoms with van der Waals surface area (Å²) in [5, 5.41) is 4.65. The Hall–Kier alpha value is -2.41. The van der Waals surface area contributed by atoms with E-state index < -0.39 is 0 Å². The average molecular weight is 436 g/mol. The van der Waals surface area contributed by atoms with Crippen LogP contribution in [0, 0.1) is 0 Å². The zero-order valence-electron chi connectivity index (χ0n) is 16.1. The van der Waals surface area contributed by atoms with Gasteiger partial charge in [-0.25, -0.2) is 4.79 Å². The van der Waals surface area contributed by atoms with E-state index in [2.05, 4.69) is 10.2 Å². The van der Waals surface area contributed by atoms with Crippen molar-refractivity contribution in [2.24, 2.45) is 0 Å². The van der Waals surface area contributed by atoms with Crippen molar-refractivity contribution in [1.82, 2.24) is 9.80 Å². The molecule has 4 rings (SSSR count). The molecular formula is C21H23Cl2N3O3. The number of ether oxygens (including phenoxy) is 1. The second-order valence-electron chi connectivity index (χ2n) is 6.79. The Morgan fingerprint density at radius 2 is 1.90 bits per heavy atom. The van der Waals surface area contributed by atoms with E-state index >= 15 is 0 Å². The monoisotopic (exact) mass is 435 g/mol. The number of rotatable bonds is 4. The topological polar surface area (TPSA) is 58.0 Å². The van der Waals surface area contributed by atoms with Crippen molar-refractivity contribution < 1.29 is 13.9 Å². The molecule has 0 aliphatic carbocycles. The minimum atomic E-state index is -0.109. The zero-order valence-corrected chi connectivity index (χ0v) is 17.6. The maximum absolute atomic E-state index is 12.6. The molecule has 3 aromatic rings. The van der Waals surface area contributed by atoms with E-state index in [1.54, 1.807) is 7.11 Å². The van der Waals surface area contributed by atoms with Crippen molar-refractivity contribution in [2.75, 3.05) is 38.6 Å². The molecule has 1 N–H and O–H groups in total. The number of amides is 2. The summed E-state index contributed by atoms with van der Waals surface area (Å²) in [6.07, 6.45) is 0. The van der Waals surface area contributed by atoms with Gasteiger partial charge in [0.2, 0.25) is 0 Å². The molecule has 2 amide bonds. The lowest BCUT2D eigenvalue weighted by molar-refractivity contribution is 0.137. The van der Waals surface area contributed by atoms with Crippen molar-refractivity contribution in [3.63, 3.8) is 0 Å². The van der Waals surface area contributed by atoms with Gasteiger partial charge in [-0.3, -0.25) is 4.90 Å². The fourth-order valence-corrected chi connectivity index (χ4v) is 3.60. The number of urea groups is 1. The molecule has 0 saturated carbocycles. The van der Waals surface area contributed by atoms with Crippen molar-refractivity contribution in [2.45, 2.75) is 6.54 Å². The van der Waals surface area contributed by atoms with Crippen LogP contribution in [0.3, 0.4) is 0 Å². The van der Waals surface area contributed by atoms with E-state index in [0.29, 0.717) is 36.1 Å². The Kier molecular flexibility index (Phi) is 6.90. The summed E-state index contributed by atoms with van der Waals surface area (Å²) in [6.45, 7) is 3.61. The summed E-state index contributed by atoms with van der Waals surface area (Å²) in [6, 6.07) is 15.0. The number of hydrogen-bond acceptors (Lipinski definition) is 4. The van der Waals surface area contributed by atoms with E-state index in [9.17, 15) is 4.79 Å². The van der Waals surface area contributed by atoms with Crippen LogP contribution in [0.25, 0.3) is 11.0 Å². The minimum absolute atomic E-state index is 0. The predicted molar refractivity (Wildman–Crippen MR) is 117 cm³/mol. The van der Waals surface area contributed by atoms with Crippen LogP contribution in [-0.4, -0.2) is 49.1 Å². The molecule has 154 valence electrons. The van der Waals surface area contributed by atoms with Crippen LogP contribution >= 0.6 is 24.0 Å². The Morgan fingerprint density at radius 1 is 1.14 bits per heavy atom. The van der Waals surface area contributed by atoms with Crippen molar-refractivity contribution in [1.29, 1.82) is 0 Å². The highest BCUT2D eigenvalue weighted by Gasteiger charge is 2.22. The van der Waals surface area contributed by atoms with Gasteiger partial charge in [-0.05, 0) is 36.4 Å². The second kappa shape index (κ2) is 9.39. The number of methoxy groups -OCH3 is 1. The van der Waals surface area contributed by atoms with Gasteiger partial charge in [0, 0.05) is 36.6 Å². The first kappa shape index (κ1) is 21.3. The predicted octanol–water partition coefficient (Wildman–Crippen LogP) is 4.87. The minimum Gasteiger partial charge on any atom is -0.495 e. The number of carbonyl (C=O) groups is 1. The van der Waals surface area contributed by atoms with Crippen molar-refractivity contribution >= 4 is 46.7 Å². The fourth-order valence-electron chi connectivity index (χ4n) is 3.42. The zero-order chi connectivity index (χ0) is 19.5. The number of hydrogen-bond donors (Lipinski definition) is 1. The average Bonchev–Trinajstić information content (AvgIpc) is 3.10. The smallest absolute Gasteiger partial charge is 0.322 e. The first-order valence-electron chi connectivity index (χ1n) is 9.21. The van der Waals surface area contributed by atoms with E-state index in [1.807, 2.05) is 53.4 Å². The first-order chi connectivity index (χ1) is 13.6. The Bertz CT molecular complexity index is 984. The van der Waals surface area contributed by atoms with Crippen LogP contribution in [0.4, 0.5) is 10.5 Å². The van der Waals surface area contributed by atoms with Gasteiger partial charge >= 0.3 is 6.03 Å². The number of furan rings is 1. The summed E-state index contributed by atoms with van der Waals surface area (Å²) in [5.41, 5.74) is 1.52. The number of nitrogens with one attached hydrogen (secondary N) is 1. The summed E-state index contributed by atoms with van der Waals surface area (Å²) < 4.78 is 11.2. The molecule has 1 fully saturated rings. The molecule has 8 heteroatoms. The Labute approximate surface area is 180 Å². The molecule has 1 aliphatic rings.